The molecule has 1 unspecified atom stereocenters. The Morgan fingerprint density at radius 2 is 2.27 bits per heavy atom. The Hall–Kier alpha value is -1.93. The maximum atomic E-state index is 12.3. The summed E-state index contributed by atoms with van der Waals surface area (Å²) in [5.74, 6) is -0.482. The normalized spacial score (nSPS) is 17.9. The van der Waals surface area contributed by atoms with Crippen LogP contribution in [0.5, 0.6) is 0 Å². The molecule has 1 aromatic heterocycles. The first-order valence-corrected chi connectivity index (χ1v) is 7.36. The lowest BCUT2D eigenvalue weighted by Crippen LogP contribution is -2.43. The SMILES string of the molecule is CN(C)CCNC(=O)c1c[nH]c(=O)n(CC2CCCO2)c1=O. The number of H-pyrrole nitrogens is 1. The van der Waals surface area contributed by atoms with Gasteiger partial charge in [-0.3, -0.25) is 14.2 Å². The summed E-state index contributed by atoms with van der Waals surface area (Å²) in [6.45, 7) is 1.91. The van der Waals surface area contributed by atoms with Crippen LogP contribution >= 0.6 is 0 Å². The van der Waals surface area contributed by atoms with E-state index < -0.39 is 17.2 Å². The minimum Gasteiger partial charge on any atom is -0.376 e. The molecule has 1 aromatic rings. The molecule has 0 aliphatic carbocycles. The number of hydrogen-bond donors (Lipinski definition) is 2. The molecule has 122 valence electrons. The number of aromatic amines is 1. The predicted molar refractivity (Wildman–Crippen MR) is 81.2 cm³/mol. The molecular formula is C14H22N4O4. The van der Waals surface area contributed by atoms with Crippen LogP contribution in [0.2, 0.25) is 0 Å². The van der Waals surface area contributed by atoms with Crippen molar-refractivity contribution in [3.05, 3.63) is 32.6 Å². The highest BCUT2D eigenvalue weighted by Gasteiger charge is 2.20. The summed E-state index contributed by atoms with van der Waals surface area (Å²) in [7, 11) is 3.78. The molecule has 1 atom stereocenters. The van der Waals surface area contributed by atoms with Gasteiger partial charge in [0.25, 0.3) is 11.5 Å². The quantitative estimate of drug-likeness (QED) is 0.703. The van der Waals surface area contributed by atoms with Gasteiger partial charge in [0.1, 0.15) is 5.56 Å². The number of nitrogens with zero attached hydrogens (tertiary/aromatic N) is 2. The number of carbonyl (C=O) groups excluding carboxylic acids is 1. The van der Waals surface area contributed by atoms with Gasteiger partial charge in [0.15, 0.2) is 0 Å². The van der Waals surface area contributed by atoms with Crippen molar-refractivity contribution in [2.75, 3.05) is 33.8 Å². The Bertz CT molecular complexity index is 628. The molecule has 2 heterocycles. The molecular weight excluding hydrogens is 288 g/mol. The Balaban J connectivity index is 2.13. The summed E-state index contributed by atoms with van der Waals surface area (Å²) in [5, 5.41) is 2.66. The van der Waals surface area contributed by atoms with Crippen LogP contribution in [0.25, 0.3) is 0 Å². The van der Waals surface area contributed by atoms with Crippen LogP contribution in [0.4, 0.5) is 0 Å². The number of ether oxygens (including phenoxy) is 1. The number of hydrogen-bond acceptors (Lipinski definition) is 5. The van der Waals surface area contributed by atoms with E-state index in [1.165, 1.54) is 6.20 Å². The van der Waals surface area contributed by atoms with Crippen molar-refractivity contribution in [1.82, 2.24) is 19.8 Å². The van der Waals surface area contributed by atoms with E-state index in [1.54, 1.807) is 0 Å². The average Bonchev–Trinajstić information content (AvgIpc) is 2.96. The van der Waals surface area contributed by atoms with Gasteiger partial charge in [-0.25, -0.2) is 4.79 Å². The molecule has 22 heavy (non-hydrogen) atoms. The van der Waals surface area contributed by atoms with Gasteiger partial charge < -0.3 is 19.9 Å². The van der Waals surface area contributed by atoms with Crippen molar-refractivity contribution in [3.63, 3.8) is 0 Å². The van der Waals surface area contributed by atoms with E-state index in [2.05, 4.69) is 10.3 Å². The van der Waals surface area contributed by atoms with Crippen LogP contribution < -0.4 is 16.6 Å². The molecule has 1 aliphatic heterocycles. The zero-order chi connectivity index (χ0) is 16.1. The van der Waals surface area contributed by atoms with Gasteiger partial charge in [-0.05, 0) is 26.9 Å². The zero-order valence-electron chi connectivity index (χ0n) is 12.9. The van der Waals surface area contributed by atoms with Crippen LogP contribution in [-0.4, -0.2) is 60.3 Å². The highest BCUT2D eigenvalue weighted by atomic mass is 16.5. The van der Waals surface area contributed by atoms with Crippen molar-refractivity contribution < 1.29 is 9.53 Å². The van der Waals surface area contributed by atoms with E-state index in [0.29, 0.717) is 19.7 Å². The molecule has 1 aliphatic rings. The molecule has 8 nitrogen and oxygen atoms in total. The zero-order valence-corrected chi connectivity index (χ0v) is 12.9. The van der Waals surface area contributed by atoms with Gasteiger partial charge in [-0.15, -0.1) is 0 Å². The van der Waals surface area contributed by atoms with Crippen LogP contribution in [0, 0.1) is 0 Å². The molecule has 1 saturated heterocycles. The van der Waals surface area contributed by atoms with E-state index in [9.17, 15) is 14.4 Å². The van der Waals surface area contributed by atoms with E-state index in [0.717, 1.165) is 17.4 Å². The predicted octanol–water partition coefficient (Wildman–Crippen LogP) is -0.993. The van der Waals surface area contributed by atoms with Gasteiger partial charge >= 0.3 is 5.69 Å². The third-order valence-electron chi connectivity index (χ3n) is 3.56. The van der Waals surface area contributed by atoms with E-state index in [1.807, 2.05) is 19.0 Å². The first-order valence-electron chi connectivity index (χ1n) is 7.36. The second-order valence-electron chi connectivity index (χ2n) is 5.62. The number of aromatic nitrogens is 2. The van der Waals surface area contributed by atoms with Crippen molar-refractivity contribution in [3.8, 4) is 0 Å². The van der Waals surface area contributed by atoms with E-state index >= 15 is 0 Å². The third-order valence-corrected chi connectivity index (χ3v) is 3.56. The summed E-state index contributed by atoms with van der Waals surface area (Å²) in [5.41, 5.74) is -1.16. The average molecular weight is 310 g/mol. The number of carbonyl (C=O) groups is 1. The molecule has 0 saturated carbocycles. The van der Waals surface area contributed by atoms with Gasteiger partial charge in [-0.2, -0.15) is 0 Å². The molecule has 0 spiro atoms. The Morgan fingerprint density at radius 3 is 2.91 bits per heavy atom. The Labute approximate surface area is 128 Å². The molecule has 1 fully saturated rings. The highest BCUT2D eigenvalue weighted by Crippen LogP contribution is 2.12. The molecule has 0 radical (unpaired) electrons. The molecule has 0 aromatic carbocycles. The lowest BCUT2D eigenvalue weighted by atomic mass is 10.2. The fourth-order valence-corrected chi connectivity index (χ4v) is 2.32. The number of nitrogens with one attached hydrogen (secondary N) is 2. The summed E-state index contributed by atoms with van der Waals surface area (Å²) in [6, 6.07) is 0. The minimum atomic E-state index is -0.582. The monoisotopic (exact) mass is 310 g/mol. The second kappa shape index (κ2) is 7.37. The second-order valence-corrected chi connectivity index (χ2v) is 5.62. The number of amides is 1. The van der Waals surface area contributed by atoms with Crippen molar-refractivity contribution in [2.24, 2.45) is 0 Å². The van der Waals surface area contributed by atoms with Crippen molar-refractivity contribution in [1.29, 1.82) is 0 Å². The van der Waals surface area contributed by atoms with Crippen LogP contribution in [-0.2, 0) is 11.3 Å². The van der Waals surface area contributed by atoms with E-state index in [-0.39, 0.29) is 18.2 Å². The number of likely N-dealkylation sites (N-methyl/N-ethyl adjacent to an activating group) is 1. The molecule has 1 amide bonds. The summed E-state index contributed by atoms with van der Waals surface area (Å²) in [4.78, 5) is 40.6. The van der Waals surface area contributed by atoms with Gasteiger partial charge in [-0.1, -0.05) is 0 Å². The fraction of sp³-hybridized carbons (Fsp3) is 0.643. The van der Waals surface area contributed by atoms with Crippen LogP contribution in [0.15, 0.2) is 15.8 Å². The first-order chi connectivity index (χ1) is 10.5. The topological polar surface area (TPSA) is 96.4 Å². The minimum absolute atomic E-state index is 0.0589. The maximum Gasteiger partial charge on any atom is 0.328 e. The van der Waals surface area contributed by atoms with Crippen LogP contribution in [0.3, 0.4) is 0 Å². The van der Waals surface area contributed by atoms with Crippen molar-refractivity contribution >= 4 is 5.91 Å². The third kappa shape index (κ3) is 4.05. The summed E-state index contributed by atoms with van der Waals surface area (Å²) < 4.78 is 6.48. The molecule has 2 N–H and O–H groups in total. The maximum absolute atomic E-state index is 12.3. The smallest absolute Gasteiger partial charge is 0.328 e. The van der Waals surface area contributed by atoms with Gasteiger partial charge in [0.2, 0.25) is 0 Å². The molecule has 8 heteroatoms. The lowest BCUT2D eigenvalue weighted by molar-refractivity contribution is 0.0921. The fourth-order valence-electron chi connectivity index (χ4n) is 2.32. The Kier molecular flexibility index (Phi) is 5.51. The van der Waals surface area contributed by atoms with Gasteiger partial charge in [0.05, 0.1) is 12.6 Å². The van der Waals surface area contributed by atoms with Crippen LogP contribution in [0.1, 0.15) is 23.2 Å². The molecule has 0 bridgehead atoms. The van der Waals surface area contributed by atoms with E-state index in [4.69, 9.17) is 4.74 Å². The first kappa shape index (κ1) is 16.4. The lowest BCUT2D eigenvalue weighted by Gasteiger charge is -2.12. The van der Waals surface area contributed by atoms with Crippen molar-refractivity contribution in [2.45, 2.75) is 25.5 Å². The summed E-state index contributed by atoms with van der Waals surface area (Å²) in [6.07, 6.45) is 2.75. The van der Waals surface area contributed by atoms with Gasteiger partial charge in [0, 0.05) is 25.9 Å². The number of rotatable bonds is 6. The summed E-state index contributed by atoms with van der Waals surface area (Å²) >= 11 is 0. The Morgan fingerprint density at radius 1 is 1.50 bits per heavy atom. The highest BCUT2D eigenvalue weighted by molar-refractivity contribution is 5.93. The molecule has 2 rings (SSSR count). The largest absolute Gasteiger partial charge is 0.376 e. The standard InChI is InChI=1S/C14H22N4O4/c1-17(2)6-5-15-12(19)11-8-16-14(21)18(13(11)20)9-10-4-3-7-22-10/h8,10H,3-7,9H2,1-2H3,(H,15,19)(H,16,21).